The molecule has 3 rings (SSSR count). The summed E-state index contributed by atoms with van der Waals surface area (Å²) in [4.78, 5) is 18.3. The van der Waals surface area contributed by atoms with Gasteiger partial charge >= 0.3 is 5.82 Å². The van der Waals surface area contributed by atoms with Crippen molar-refractivity contribution in [1.82, 2.24) is 15.1 Å². The van der Waals surface area contributed by atoms with E-state index in [1.807, 2.05) is 0 Å². The van der Waals surface area contributed by atoms with E-state index in [-0.39, 0.29) is 35.7 Å². The molecule has 1 aromatic carbocycles. The summed E-state index contributed by atoms with van der Waals surface area (Å²) in [5.74, 6) is -0.347. The van der Waals surface area contributed by atoms with E-state index in [0.29, 0.717) is 11.3 Å². The molecule has 0 aliphatic carbocycles. The molecule has 0 radical (unpaired) electrons. The van der Waals surface area contributed by atoms with Crippen LogP contribution >= 0.6 is 0 Å². The second-order valence-corrected chi connectivity index (χ2v) is 4.84. The molecule has 0 saturated heterocycles. The summed E-state index contributed by atoms with van der Waals surface area (Å²) in [7, 11) is 0. The van der Waals surface area contributed by atoms with E-state index in [0.717, 1.165) is 0 Å². The van der Waals surface area contributed by atoms with Gasteiger partial charge in [0.15, 0.2) is 6.61 Å². The first-order valence-electron chi connectivity index (χ1n) is 6.86. The van der Waals surface area contributed by atoms with Gasteiger partial charge in [-0.05, 0) is 46.3 Å². The molecule has 0 atom stereocenters. The number of rotatable bonds is 5. The quantitative estimate of drug-likeness (QED) is 0.523. The lowest BCUT2D eigenvalue weighted by molar-refractivity contribution is -0.390. The molecule has 2 aromatic heterocycles. The molecule has 8 nitrogen and oxygen atoms in total. The van der Waals surface area contributed by atoms with Crippen LogP contribution in [0.3, 0.4) is 0 Å². The number of nitrogens with zero attached hydrogens (tertiary/aromatic N) is 4. The lowest BCUT2D eigenvalue weighted by Crippen LogP contribution is -2.02. The Bertz CT molecular complexity index is 879. The second kappa shape index (κ2) is 6.41. The lowest BCUT2D eigenvalue weighted by Gasteiger charge is -2.03. The number of nitro groups is 1. The summed E-state index contributed by atoms with van der Waals surface area (Å²) < 4.78 is 23.3. The predicted molar refractivity (Wildman–Crippen MR) is 79.7 cm³/mol. The van der Waals surface area contributed by atoms with Crippen molar-refractivity contribution in [3.63, 3.8) is 0 Å². The van der Waals surface area contributed by atoms with Crippen LogP contribution in [-0.4, -0.2) is 20.0 Å². The number of halogens is 1. The zero-order valence-electron chi connectivity index (χ0n) is 12.5. The first kappa shape index (κ1) is 15.5. The topological polar surface area (TPSA) is 104 Å². The highest BCUT2D eigenvalue weighted by atomic mass is 19.1. The number of aryl methyl sites for hydroxylation is 1. The average molecular weight is 330 g/mol. The number of ether oxygens (including phenoxy) is 1. The number of aromatic nitrogens is 3. The fourth-order valence-electron chi connectivity index (χ4n) is 1.94. The third kappa shape index (κ3) is 3.35. The average Bonchev–Trinajstić information content (AvgIpc) is 3.03. The van der Waals surface area contributed by atoms with Crippen LogP contribution in [0, 0.1) is 22.9 Å². The monoisotopic (exact) mass is 330 g/mol. The fraction of sp³-hybridized carbons (Fsp3) is 0.133. The van der Waals surface area contributed by atoms with E-state index in [9.17, 15) is 14.5 Å². The van der Waals surface area contributed by atoms with Crippen LogP contribution in [0.5, 0.6) is 5.75 Å². The van der Waals surface area contributed by atoms with E-state index >= 15 is 0 Å². The van der Waals surface area contributed by atoms with Gasteiger partial charge in [0.25, 0.3) is 5.89 Å². The minimum absolute atomic E-state index is 0.00660. The molecule has 0 aliphatic heterocycles. The Morgan fingerprint density at radius 2 is 1.96 bits per heavy atom. The molecule has 0 bridgehead atoms. The van der Waals surface area contributed by atoms with Gasteiger partial charge in [-0.2, -0.15) is 4.98 Å². The second-order valence-electron chi connectivity index (χ2n) is 4.84. The zero-order chi connectivity index (χ0) is 17.1. The van der Waals surface area contributed by atoms with Crippen molar-refractivity contribution >= 4 is 5.82 Å². The SMILES string of the molecule is Cc1ccc(OCc2nc(-c3ccc(F)cc3)no2)c([N+](=O)[O-])n1. The Morgan fingerprint density at radius 3 is 2.67 bits per heavy atom. The van der Waals surface area contributed by atoms with Crippen LogP contribution < -0.4 is 4.74 Å². The van der Waals surface area contributed by atoms with Crippen LogP contribution in [0.25, 0.3) is 11.4 Å². The largest absolute Gasteiger partial charge is 0.476 e. The van der Waals surface area contributed by atoms with Gasteiger partial charge in [0.1, 0.15) is 11.5 Å². The van der Waals surface area contributed by atoms with Crippen molar-refractivity contribution in [2.75, 3.05) is 0 Å². The van der Waals surface area contributed by atoms with Crippen LogP contribution in [0.2, 0.25) is 0 Å². The fourth-order valence-corrected chi connectivity index (χ4v) is 1.94. The van der Waals surface area contributed by atoms with Gasteiger partial charge < -0.3 is 19.4 Å². The maximum absolute atomic E-state index is 12.9. The van der Waals surface area contributed by atoms with E-state index in [1.165, 1.54) is 30.3 Å². The number of hydrogen-bond donors (Lipinski definition) is 0. The molecule has 0 amide bonds. The Hall–Kier alpha value is -3.36. The Balaban J connectivity index is 1.74. The zero-order valence-corrected chi connectivity index (χ0v) is 12.5. The van der Waals surface area contributed by atoms with Crippen LogP contribution in [0.4, 0.5) is 10.2 Å². The molecule has 122 valence electrons. The molecule has 9 heteroatoms. The number of hydrogen-bond acceptors (Lipinski definition) is 7. The molecular formula is C15H11FN4O4. The highest BCUT2D eigenvalue weighted by molar-refractivity contribution is 5.53. The van der Waals surface area contributed by atoms with Crippen molar-refractivity contribution in [1.29, 1.82) is 0 Å². The molecule has 0 saturated carbocycles. The minimum Gasteiger partial charge on any atom is -0.476 e. The highest BCUT2D eigenvalue weighted by Gasteiger charge is 2.19. The van der Waals surface area contributed by atoms with E-state index in [1.54, 1.807) is 13.0 Å². The van der Waals surface area contributed by atoms with Crippen LogP contribution in [-0.2, 0) is 6.61 Å². The lowest BCUT2D eigenvalue weighted by atomic mass is 10.2. The Labute approximate surface area is 135 Å². The summed E-state index contributed by atoms with van der Waals surface area (Å²) in [5, 5.41) is 14.7. The molecule has 3 aromatic rings. The highest BCUT2D eigenvalue weighted by Crippen LogP contribution is 2.25. The van der Waals surface area contributed by atoms with Gasteiger partial charge in [-0.1, -0.05) is 5.16 Å². The molecule has 0 N–H and O–H groups in total. The van der Waals surface area contributed by atoms with E-state index < -0.39 is 4.92 Å². The standard InChI is InChI=1S/C15H11FN4O4/c1-9-2-7-12(15(17-9)20(21)22)23-8-13-18-14(19-24-13)10-3-5-11(16)6-4-10/h2-7H,8H2,1H3. The van der Waals surface area contributed by atoms with Crippen molar-refractivity contribution in [3.05, 3.63) is 63.9 Å². The third-order valence-corrected chi connectivity index (χ3v) is 3.07. The van der Waals surface area contributed by atoms with Gasteiger partial charge in [-0.3, -0.25) is 0 Å². The maximum atomic E-state index is 12.9. The first-order valence-corrected chi connectivity index (χ1v) is 6.86. The minimum atomic E-state index is -0.625. The van der Waals surface area contributed by atoms with E-state index in [4.69, 9.17) is 9.26 Å². The molecule has 0 unspecified atom stereocenters. The molecule has 24 heavy (non-hydrogen) atoms. The Morgan fingerprint density at radius 1 is 1.21 bits per heavy atom. The summed E-state index contributed by atoms with van der Waals surface area (Å²) in [6.07, 6.45) is 0. The summed E-state index contributed by atoms with van der Waals surface area (Å²) in [6, 6.07) is 8.64. The smallest absolute Gasteiger partial charge is 0.406 e. The third-order valence-electron chi connectivity index (χ3n) is 3.07. The van der Waals surface area contributed by atoms with E-state index in [2.05, 4.69) is 15.1 Å². The van der Waals surface area contributed by atoms with Crippen molar-refractivity contribution < 1.29 is 18.6 Å². The molecule has 0 fully saturated rings. The van der Waals surface area contributed by atoms with Crippen LogP contribution in [0.1, 0.15) is 11.6 Å². The number of benzene rings is 1. The molecule has 0 spiro atoms. The van der Waals surface area contributed by atoms with Gasteiger partial charge in [0.2, 0.25) is 11.6 Å². The van der Waals surface area contributed by atoms with Gasteiger partial charge in [-0.25, -0.2) is 4.39 Å². The number of pyridine rings is 1. The van der Waals surface area contributed by atoms with Gasteiger partial charge in [0.05, 0.1) is 0 Å². The maximum Gasteiger partial charge on any atom is 0.406 e. The predicted octanol–water partition coefficient (Wildman–Crippen LogP) is 3.07. The van der Waals surface area contributed by atoms with Crippen molar-refractivity contribution in [3.8, 4) is 17.1 Å². The molecule has 2 heterocycles. The molecule has 0 aliphatic rings. The summed E-state index contributed by atoms with van der Waals surface area (Å²) in [5.41, 5.74) is 1.08. The van der Waals surface area contributed by atoms with Gasteiger partial charge in [0, 0.05) is 12.5 Å². The Kier molecular flexibility index (Phi) is 4.15. The van der Waals surface area contributed by atoms with Gasteiger partial charge in [-0.15, -0.1) is 0 Å². The summed E-state index contributed by atoms with van der Waals surface area (Å²) in [6.45, 7) is 1.49. The first-order chi connectivity index (χ1) is 11.5. The van der Waals surface area contributed by atoms with Crippen molar-refractivity contribution in [2.24, 2.45) is 0 Å². The summed E-state index contributed by atoms with van der Waals surface area (Å²) >= 11 is 0. The normalized spacial score (nSPS) is 10.6. The molecular weight excluding hydrogens is 319 g/mol. The van der Waals surface area contributed by atoms with Crippen LogP contribution in [0.15, 0.2) is 40.9 Å². The van der Waals surface area contributed by atoms with Crippen molar-refractivity contribution in [2.45, 2.75) is 13.5 Å².